The molecule has 2 atom stereocenters. The lowest BCUT2D eigenvalue weighted by atomic mass is 9.75. The molecule has 7 nitrogen and oxygen atoms in total. The fraction of sp³-hybridized carbons (Fsp3) is 0.382. The standard InChI is InChI=1S/C34H39NO6/c1-34(2,3)41-31(36)30-17-11-10-16-29(30)28-20-18-25(19-21-28)22-35(32(37)39-23-26-12-6-4-7-13-26)33(38)40-24-27-14-8-5-9-15-27/h4-9,12-15,18-21,29-30H,10-11,16-17,22-24H2,1-3H3. The van der Waals surface area contributed by atoms with E-state index >= 15 is 0 Å². The van der Waals surface area contributed by atoms with Gasteiger partial charge in [-0.25, -0.2) is 14.5 Å². The van der Waals surface area contributed by atoms with Crippen LogP contribution in [0.3, 0.4) is 0 Å². The van der Waals surface area contributed by atoms with Gasteiger partial charge in [-0.05, 0) is 61.8 Å². The van der Waals surface area contributed by atoms with Gasteiger partial charge in [-0.2, -0.15) is 0 Å². The molecule has 0 saturated heterocycles. The summed E-state index contributed by atoms with van der Waals surface area (Å²) in [6.45, 7) is 5.72. The summed E-state index contributed by atoms with van der Waals surface area (Å²) in [5, 5.41) is 0. The van der Waals surface area contributed by atoms with Crippen LogP contribution >= 0.6 is 0 Å². The van der Waals surface area contributed by atoms with Gasteiger partial charge in [-0.3, -0.25) is 4.79 Å². The fourth-order valence-corrected chi connectivity index (χ4v) is 5.04. The summed E-state index contributed by atoms with van der Waals surface area (Å²) >= 11 is 0. The SMILES string of the molecule is CC(C)(C)OC(=O)C1CCCCC1c1ccc(CN(C(=O)OCc2ccccc2)C(=O)OCc2ccccc2)cc1. The third-order valence-corrected chi connectivity index (χ3v) is 7.08. The Morgan fingerprint density at radius 3 is 1.73 bits per heavy atom. The number of ether oxygens (including phenoxy) is 3. The maximum absolute atomic E-state index is 13.1. The van der Waals surface area contributed by atoms with Crippen LogP contribution in [-0.4, -0.2) is 28.7 Å². The summed E-state index contributed by atoms with van der Waals surface area (Å²) < 4.78 is 16.7. The van der Waals surface area contributed by atoms with Gasteiger partial charge in [0.1, 0.15) is 18.8 Å². The van der Waals surface area contributed by atoms with Crippen LogP contribution < -0.4 is 0 Å². The number of rotatable bonds is 8. The van der Waals surface area contributed by atoms with E-state index in [1.807, 2.05) is 106 Å². The molecule has 0 aliphatic heterocycles. The number of nitrogens with zero attached hydrogens (tertiary/aromatic N) is 1. The first-order chi connectivity index (χ1) is 19.7. The van der Waals surface area contributed by atoms with Crippen molar-refractivity contribution in [1.29, 1.82) is 0 Å². The van der Waals surface area contributed by atoms with Gasteiger partial charge >= 0.3 is 18.2 Å². The minimum Gasteiger partial charge on any atom is -0.460 e. The topological polar surface area (TPSA) is 82.1 Å². The van der Waals surface area contributed by atoms with Crippen LogP contribution in [0.25, 0.3) is 0 Å². The molecule has 1 fully saturated rings. The first-order valence-electron chi connectivity index (χ1n) is 14.2. The van der Waals surface area contributed by atoms with Gasteiger partial charge in [0.2, 0.25) is 0 Å². The monoisotopic (exact) mass is 557 g/mol. The average Bonchev–Trinajstić information content (AvgIpc) is 2.98. The van der Waals surface area contributed by atoms with Crippen LogP contribution in [0.5, 0.6) is 0 Å². The molecule has 41 heavy (non-hydrogen) atoms. The number of hydrogen-bond acceptors (Lipinski definition) is 6. The highest BCUT2D eigenvalue weighted by Gasteiger charge is 2.35. The number of carbonyl (C=O) groups is 3. The van der Waals surface area contributed by atoms with Crippen LogP contribution in [0.1, 0.15) is 74.6 Å². The maximum atomic E-state index is 13.1. The Bertz CT molecular complexity index is 1230. The van der Waals surface area contributed by atoms with Gasteiger partial charge in [0.15, 0.2) is 0 Å². The first-order valence-corrected chi connectivity index (χ1v) is 14.2. The van der Waals surface area contributed by atoms with E-state index in [0.29, 0.717) is 0 Å². The van der Waals surface area contributed by atoms with Gasteiger partial charge in [-0.15, -0.1) is 0 Å². The van der Waals surface area contributed by atoms with E-state index in [1.165, 1.54) is 0 Å². The smallest absolute Gasteiger partial charge is 0.419 e. The lowest BCUT2D eigenvalue weighted by Gasteiger charge is -2.32. The van der Waals surface area contributed by atoms with Crippen LogP contribution in [0.4, 0.5) is 9.59 Å². The zero-order chi connectivity index (χ0) is 29.2. The molecule has 7 heteroatoms. The Hall–Kier alpha value is -4.13. The molecular weight excluding hydrogens is 518 g/mol. The largest absolute Gasteiger partial charge is 0.460 e. The van der Waals surface area contributed by atoms with E-state index in [1.54, 1.807) is 0 Å². The summed E-state index contributed by atoms with van der Waals surface area (Å²) in [5.74, 6) is -0.276. The van der Waals surface area contributed by atoms with Gasteiger partial charge in [0.25, 0.3) is 0 Å². The van der Waals surface area contributed by atoms with Crippen LogP contribution in [0.15, 0.2) is 84.9 Å². The summed E-state index contributed by atoms with van der Waals surface area (Å²) in [5.41, 5.74) is 2.89. The molecule has 3 aromatic rings. The normalized spacial score (nSPS) is 16.9. The number of hydrogen-bond donors (Lipinski definition) is 0. The highest BCUT2D eigenvalue weighted by atomic mass is 16.6. The van der Waals surface area contributed by atoms with Gasteiger partial charge in [-0.1, -0.05) is 97.8 Å². The Kier molecular flexibility index (Phi) is 10.2. The van der Waals surface area contributed by atoms with Crippen molar-refractivity contribution in [2.45, 2.75) is 77.7 Å². The molecule has 216 valence electrons. The average molecular weight is 558 g/mol. The molecule has 0 aromatic heterocycles. The second-order valence-electron chi connectivity index (χ2n) is 11.4. The Morgan fingerprint density at radius 2 is 1.22 bits per heavy atom. The van der Waals surface area contributed by atoms with E-state index in [9.17, 15) is 14.4 Å². The Labute approximate surface area is 242 Å². The van der Waals surface area contributed by atoms with Crippen molar-refractivity contribution in [2.24, 2.45) is 5.92 Å². The zero-order valence-electron chi connectivity index (χ0n) is 24.1. The molecule has 0 heterocycles. The molecule has 0 N–H and O–H groups in total. The van der Waals surface area contributed by atoms with Gasteiger partial charge in [0, 0.05) is 0 Å². The van der Waals surface area contributed by atoms with Crippen molar-refractivity contribution >= 4 is 18.2 Å². The maximum Gasteiger partial charge on any atom is 0.419 e. The molecule has 4 rings (SSSR count). The first kappa shape index (κ1) is 29.8. The predicted octanol–water partition coefficient (Wildman–Crippen LogP) is 7.78. The molecule has 2 amide bonds. The predicted molar refractivity (Wildman–Crippen MR) is 156 cm³/mol. The molecule has 2 unspecified atom stereocenters. The lowest BCUT2D eigenvalue weighted by molar-refractivity contribution is -0.161. The molecule has 1 aliphatic rings. The number of imide groups is 1. The molecule has 0 spiro atoms. The number of carbonyl (C=O) groups excluding carboxylic acids is 3. The minimum absolute atomic E-state index is 0.0122. The zero-order valence-corrected chi connectivity index (χ0v) is 24.1. The fourth-order valence-electron chi connectivity index (χ4n) is 5.04. The van der Waals surface area contributed by atoms with Gasteiger partial charge in [0.05, 0.1) is 12.5 Å². The summed E-state index contributed by atoms with van der Waals surface area (Å²) in [6.07, 6.45) is 2.20. The highest BCUT2D eigenvalue weighted by molar-refractivity contribution is 5.87. The third-order valence-electron chi connectivity index (χ3n) is 7.08. The van der Waals surface area contributed by atoms with Crippen molar-refractivity contribution in [3.63, 3.8) is 0 Å². The second kappa shape index (κ2) is 14.0. The summed E-state index contributed by atoms with van der Waals surface area (Å²) in [6, 6.07) is 26.3. The van der Waals surface area contributed by atoms with Gasteiger partial charge < -0.3 is 14.2 Å². The highest BCUT2D eigenvalue weighted by Crippen LogP contribution is 2.39. The van der Waals surface area contributed by atoms with Crippen LogP contribution in [-0.2, 0) is 38.8 Å². The summed E-state index contributed by atoms with van der Waals surface area (Å²) in [4.78, 5) is 40.1. The van der Waals surface area contributed by atoms with Crippen LogP contribution in [0, 0.1) is 5.92 Å². The van der Waals surface area contributed by atoms with Crippen molar-refractivity contribution in [3.05, 3.63) is 107 Å². The Morgan fingerprint density at radius 1 is 0.707 bits per heavy atom. The second-order valence-corrected chi connectivity index (χ2v) is 11.4. The van der Waals surface area contributed by atoms with Crippen molar-refractivity contribution in [2.75, 3.05) is 0 Å². The molecule has 3 aromatic carbocycles. The van der Waals surface area contributed by atoms with E-state index < -0.39 is 17.8 Å². The van der Waals surface area contributed by atoms with E-state index in [2.05, 4.69) is 0 Å². The van der Waals surface area contributed by atoms with Crippen molar-refractivity contribution in [3.8, 4) is 0 Å². The molecule has 1 aliphatic carbocycles. The number of esters is 1. The lowest BCUT2D eigenvalue weighted by Crippen LogP contribution is -2.37. The number of benzene rings is 3. The molecule has 0 bridgehead atoms. The Balaban J connectivity index is 1.46. The van der Waals surface area contributed by atoms with Crippen LogP contribution in [0.2, 0.25) is 0 Å². The van der Waals surface area contributed by atoms with E-state index in [-0.39, 0.29) is 37.6 Å². The number of amides is 2. The third kappa shape index (κ3) is 8.93. The molecule has 0 radical (unpaired) electrons. The quantitative estimate of drug-likeness (QED) is 0.208. The van der Waals surface area contributed by atoms with Crippen molar-refractivity contribution < 1.29 is 28.6 Å². The van der Waals surface area contributed by atoms with Crippen molar-refractivity contribution in [1.82, 2.24) is 4.90 Å². The molecular formula is C34H39NO6. The molecule has 1 saturated carbocycles. The minimum atomic E-state index is -0.784. The van der Waals surface area contributed by atoms with E-state index in [0.717, 1.165) is 52.8 Å². The summed E-state index contributed by atoms with van der Waals surface area (Å²) in [7, 11) is 0. The van der Waals surface area contributed by atoms with E-state index in [4.69, 9.17) is 14.2 Å².